The molecule has 0 heterocycles. The third-order valence-corrected chi connectivity index (χ3v) is 3.00. The molecule has 0 saturated heterocycles. The summed E-state index contributed by atoms with van der Waals surface area (Å²) in [6, 6.07) is 0. The quantitative estimate of drug-likeness (QED) is 0.286. The molecule has 128 valence electrons. The normalized spacial score (nSPS) is 14.2. The molecule has 0 saturated carbocycles. The lowest BCUT2D eigenvalue weighted by molar-refractivity contribution is -0.137. The first kappa shape index (κ1) is 21.1. The van der Waals surface area contributed by atoms with Crippen molar-refractivity contribution in [2.45, 2.75) is 58.0 Å². The molecule has 0 aliphatic heterocycles. The summed E-state index contributed by atoms with van der Waals surface area (Å²) >= 11 is 0. The van der Waals surface area contributed by atoms with Crippen LogP contribution in [0.3, 0.4) is 0 Å². The van der Waals surface area contributed by atoms with Crippen LogP contribution in [0.5, 0.6) is 0 Å². The zero-order valence-electron chi connectivity index (χ0n) is 14.1. The van der Waals surface area contributed by atoms with Crippen LogP contribution >= 0.6 is 0 Å². The lowest BCUT2D eigenvalue weighted by Gasteiger charge is -1.99. The average molecular weight is 318 g/mol. The van der Waals surface area contributed by atoms with Crippen LogP contribution in [0.1, 0.15) is 51.9 Å². The number of carboxylic acids is 1. The van der Waals surface area contributed by atoms with Crippen molar-refractivity contribution in [3.63, 3.8) is 0 Å². The van der Waals surface area contributed by atoms with E-state index in [4.69, 9.17) is 5.11 Å². The Kier molecular flexibility index (Phi) is 15.2. The van der Waals surface area contributed by atoms with Crippen molar-refractivity contribution in [3.05, 3.63) is 60.8 Å². The molecule has 0 aromatic carbocycles. The fraction of sp³-hybridized carbons (Fsp3) is 0.450. The summed E-state index contributed by atoms with van der Waals surface area (Å²) < 4.78 is 0. The van der Waals surface area contributed by atoms with Gasteiger partial charge in [-0.1, -0.05) is 67.7 Å². The van der Waals surface area contributed by atoms with Crippen LogP contribution in [-0.2, 0) is 4.79 Å². The third-order valence-electron chi connectivity index (χ3n) is 3.00. The Bertz CT molecular complexity index is 428. The van der Waals surface area contributed by atoms with Gasteiger partial charge < -0.3 is 10.2 Å². The highest BCUT2D eigenvalue weighted by Crippen LogP contribution is 2.01. The molecule has 0 amide bonds. The maximum atomic E-state index is 10.3. The van der Waals surface area contributed by atoms with E-state index >= 15 is 0 Å². The summed E-state index contributed by atoms with van der Waals surface area (Å²) in [7, 11) is 0. The maximum Gasteiger partial charge on any atom is 0.303 e. The number of hydrogen-bond donors (Lipinski definition) is 2. The van der Waals surface area contributed by atoms with Crippen LogP contribution in [0.15, 0.2) is 60.8 Å². The number of unbranched alkanes of at least 4 members (excludes halogenated alkanes) is 1. The highest BCUT2D eigenvalue weighted by atomic mass is 16.4. The highest BCUT2D eigenvalue weighted by Gasteiger charge is 1.95. The van der Waals surface area contributed by atoms with Gasteiger partial charge in [0, 0.05) is 6.42 Å². The Morgan fingerprint density at radius 3 is 2.35 bits per heavy atom. The first-order chi connectivity index (χ1) is 11.2. The predicted molar refractivity (Wildman–Crippen MR) is 97.3 cm³/mol. The van der Waals surface area contributed by atoms with Gasteiger partial charge in [-0.2, -0.15) is 0 Å². The van der Waals surface area contributed by atoms with Crippen molar-refractivity contribution < 1.29 is 15.0 Å². The largest absolute Gasteiger partial charge is 0.481 e. The summed E-state index contributed by atoms with van der Waals surface area (Å²) in [5, 5.41) is 18.2. The van der Waals surface area contributed by atoms with Crippen molar-refractivity contribution >= 4 is 5.97 Å². The van der Waals surface area contributed by atoms with Crippen molar-refractivity contribution in [1.82, 2.24) is 0 Å². The molecule has 1 atom stereocenters. The van der Waals surface area contributed by atoms with Crippen LogP contribution in [0.2, 0.25) is 0 Å². The number of rotatable bonds is 13. The van der Waals surface area contributed by atoms with Gasteiger partial charge in [0.15, 0.2) is 0 Å². The minimum absolute atomic E-state index is 0.195. The van der Waals surface area contributed by atoms with E-state index in [0.717, 1.165) is 25.7 Å². The van der Waals surface area contributed by atoms with E-state index in [1.165, 1.54) is 0 Å². The Hall–Kier alpha value is -1.87. The number of carbonyl (C=O) groups is 1. The van der Waals surface area contributed by atoms with E-state index in [0.29, 0.717) is 12.8 Å². The predicted octanol–water partition coefficient (Wildman–Crippen LogP) is 4.96. The lowest BCUT2D eigenvalue weighted by atomic mass is 10.2. The molecule has 0 aromatic heterocycles. The number of allylic oxidation sites excluding steroid dienone is 8. The standard InChI is InChI=1S/C20H30O3/c1-2-3-4-5-6-7-8-9-10-13-16-19(21)17-14-11-12-15-18-20(22)23/h3-4,6-7,9-11,13-14,16,19,21H,2,5,8,12,15,17-18H2,1H3,(H,22,23)/b4-3-,7-6-,10-9-,14-11-,16-13-. The zero-order chi connectivity index (χ0) is 17.2. The molecule has 2 N–H and O–H groups in total. The molecule has 0 aliphatic carbocycles. The van der Waals surface area contributed by atoms with Gasteiger partial charge >= 0.3 is 5.97 Å². The van der Waals surface area contributed by atoms with E-state index in [1.807, 2.05) is 30.4 Å². The molecule has 0 bridgehead atoms. The Morgan fingerprint density at radius 2 is 1.65 bits per heavy atom. The first-order valence-corrected chi connectivity index (χ1v) is 8.35. The molecule has 0 radical (unpaired) electrons. The van der Waals surface area contributed by atoms with Gasteiger partial charge in [-0.3, -0.25) is 4.79 Å². The van der Waals surface area contributed by atoms with Crippen molar-refractivity contribution in [1.29, 1.82) is 0 Å². The first-order valence-electron chi connectivity index (χ1n) is 8.35. The van der Waals surface area contributed by atoms with E-state index in [1.54, 1.807) is 6.08 Å². The van der Waals surface area contributed by atoms with Crippen LogP contribution in [0.4, 0.5) is 0 Å². The fourth-order valence-electron chi connectivity index (χ4n) is 1.77. The second-order valence-electron chi connectivity index (χ2n) is 5.20. The molecule has 1 unspecified atom stereocenters. The summed E-state index contributed by atoms with van der Waals surface area (Å²) in [6.45, 7) is 2.12. The molecular weight excluding hydrogens is 288 g/mol. The molecule has 0 rings (SSSR count). The third kappa shape index (κ3) is 18.1. The number of aliphatic hydroxyl groups excluding tert-OH is 1. The molecule has 3 heteroatoms. The molecule has 0 aliphatic rings. The molecule has 0 spiro atoms. The van der Waals surface area contributed by atoms with Crippen molar-refractivity contribution in [2.75, 3.05) is 0 Å². The summed E-state index contributed by atoms with van der Waals surface area (Å²) in [5.41, 5.74) is 0. The molecular formula is C20H30O3. The molecule has 0 fully saturated rings. The van der Waals surface area contributed by atoms with Gasteiger partial charge in [0.1, 0.15) is 0 Å². The van der Waals surface area contributed by atoms with E-state index < -0.39 is 12.1 Å². The monoisotopic (exact) mass is 318 g/mol. The Balaban J connectivity index is 3.68. The zero-order valence-corrected chi connectivity index (χ0v) is 14.1. The number of hydrogen-bond acceptors (Lipinski definition) is 2. The minimum Gasteiger partial charge on any atom is -0.481 e. The lowest BCUT2D eigenvalue weighted by Crippen LogP contribution is -1.98. The second kappa shape index (κ2) is 16.5. The van der Waals surface area contributed by atoms with Crippen LogP contribution in [0, 0.1) is 0 Å². The van der Waals surface area contributed by atoms with Gasteiger partial charge in [0.25, 0.3) is 0 Å². The number of carboxylic acid groups (broad SMARTS) is 1. The summed E-state index contributed by atoms with van der Waals surface area (Å²) in [6.07, 6.45) is 24.6. The average Bonchev–Trinajstić information content (AvgIpc) is 2.52. The molecule has 0 aromatic rings. The van der Waals surface area contributed by atoms with Gasteiger partial charge in [-0.25, -0.2) is 0 Å². The van der Waals surface area contributed by atoms with E-state index in [-0.39, 0.29) is 6.42 Å². The van der Waals surface area contributed by atoms with Crippen LogP contribution in [-0.4, -0.2) is 22.3 Å². The van der Waals surface area contributed by atoms with Crippen LogP contribution < -0.4 is 0 Å². The van der Waals surface area contributed by atoms with Gasteiger partial charge in [0.2, 0.25) is 0 Å². The van der Waals surface area contributed by atoms with Crippen molar-refractivity contribution in [2.24, 2.45) is 0 Å². The van der Waals surface area contributed by atoms with Crippen LogP contribution in [0.25, 0.3) is 0 Å². The summed E-state index contributed by atoms with van der Waals surface area (Å²) in [5.74, 6) is -0.763. The number of aliphatic hydroxyl groups is 1. The molecule has 3 nitrogen and oxygen atoms in total. The minimum atomic E-state index is -0.763. The Morgan fingerprint density at radius 1 is 0.957 bits per heavy atom. The summed E-state index contributed by atoms with van der Waals surface area (Å²) in [4.78, 5) is 10.3. The van der Waals surface area contributed by atoms with Gasteiger partial charge in [0.05, 0.1) is 6.10 Å². The van der Waals surface area contributed by atoms with E-state index in [2.05, 4.69) is 31.2 Å². The highest BCUT2D eigenvalue weighted by molar-refractivity contribution is 5.66. The SMILES string of the molecule is CC/C=C\C/C=C\C/C=C\C=C/C(O)C/C=C\CCCC(=O)O. The van der Waals surface area contributed by atoms with Gasteiger partial charge in [-0.15, -0.1) is 0 Å². The maximum absolute atomic E-state index is 10.3. The number of aliphatic carboxylic acids is 1. The molecule has 23 heavy (non-hydrogen) atoms. The topological polar surface area (TPSA) is 57.5 Å². The van der Waals surface area contributed by atoms with Gasteiger partial charge in [-0.05, 0) is 38.5 Å². The second-order valence-corrected chi connectivity index (χ2v) is 5.20. The van der Waals surface area contributed by atoms with E-state index in [9.17, 15) is 9.90 Å². The fourth-order valence-corrected chi connectivity index (χ4v) is 1.77. The van der Waals surface area contributed by atoms with Crippen molar-refractivity contribution in [3.8, 4) is 0 Å². The Labute approximate surface area is 140 Å². The smallest absolute Gasteiger partial charge is 0.303 e.